The molecule has 0 spiro atoms. The van der Waals surface area contributed by atoms with Crippen LogP contribution in [0.25, 0.3) is 0 Å². The zero-order valence-corrected chi connectivity index (χ0v) is 17.8. The van der Waals surface area contributed by atoms with E-state index in [4.69, 9.17) is 0 Å². The van der Waals surface area contributed by atoms with E-state index in [9.17, 15) is 9.90 Å². The molecule has 158 valence electrons. The Hall–Kier alpha value is -2.17. The summed E-state index contributed by atoms with van der Waals surface area (Å²) in [5, 5.41) is 14.9. The molecule has 4 atom stereocenters. The predicted octanol–water partition coefficient (Wildman–Crippen LogP) is 3.62. The molecule has 2 aromatic rings. The third kappa shape index (κ3) is 3.57. The van der Waals surface area contributed by atoms with Crippen molar-refractivity contribution in [2.45, 2.75) is 50.8 Å². The van der Waals surface area contributed by atoms with Gasteiger partial charge in [-0.05, 0) is 42.7 Å². The summed E-state index contributed by atoms with van der Waals surface area (Å²) in [6, 6.07) is 18.5. The smallest absolute Gasteiger partial charge is 0.257 e. The van der Waals surface area contributed by atoms with E-state index in [1.165, 1.54) is 11.1 Å². The Morgan fingerprint density at radius 3 is 2.43 bits per heavy atom. The second-order valence-corrected chi connectivity index (χ2v) is 9.62. The van der Waals surface area contributed by atoms with Gasteiger partial charge in [0.15, 0.2) is 5.60 Å². The van der Waals surface area contributed by atoms with Crippen LogP contribution in [0.5, 0.6) is 0 Å². The Kier molecular flexibility index (Phi) is 5.16. The molecule has 1 aliphatic heterocycles. The van der Waals surface area contributed by atoms with E-state index in [0.717, 1.165) is 50.9 Å². The van der Waals surface area contributed by atoms with Gasteiger partial charge < -0.3 is 10.4 Å². The Morgan fingerprint density at radius 2 is 1.77 bits per heavy atom. The second kappa shape index (κ2) is 7.82. The molecule has 2 unspecified atom stereocenters. The third-order valence-electron chi connectivity index (χ3n) is 7.56. The quantitative estimate of drug-likeness (QED) is 0.773. The van der Waals surface area contributed by atoms with Crippen molar-refractivity contribution in [1.29, 1.82) is 0 Å². The summed E-state index contributed by atoms with van der Waals surface area (Å²) in [6.07, 6.45) is 4.02. The fraction of sp³-hybridized carbons (Fsp3) is 0.500. The average molecular weight is 405 g/mol. The molecule has 3 aliphatic rings. The van der Waals surface area contributed by atoms with Crippen LogP contribution in [0.4, 0.5) is 0 Å². The van der Waals surface area contributed by atoms with Crippen molar-refractivity contribution >= 4 is 5.91 Å². The molecule has 0 aromatic heterocycles. The van der Waals surface area contributed by atoms with E-state index in [-0.39, 0.29) is 17.9 Å². The topological polar surface area (TPSA) is 52.6 Å². The number of aliphatic hydroxyl groups is 1. The van der Waals surface area contributed by atoms with Crippen molar-refractivity contribution in [3.05, 3.63) is 71.3 Å². The lowest BCUT2D eigenvalue weighted by Crippen LogP contribution is -2.50. The zero-order chi connectivity index (χ0) is 20.7. The molecular weight excluding hydrogens is 372 g/mol. The first kappa shape index (κ1) is 19.8. The number of carbonyl (C=O) groups excluding carboxylic acids is 1. The number of hydrogen-bond donors (Lipinski definition) is 2. The molecule has 5 rings (SSSR count). The van der Waals surface area contributed by atoms with Crippen LogP contribution in [0.15, 0.2) is 54.6 Å². The van der Waals surface area contributed by atoms with Gasteiger partial charge in [0.1, 0.15) is 0 Å². The van der Waals surface area contributed by atoms with Crippen LogP contribution in [-0.4, -0.2) is 35.0 Å². The van der Waals surface area contributed by atoms with Crippen LogP contribution in [-0.2, 0) is 16.9 Å². The van der Waals surface area contributed by atoms with Gasteiger partial charge >= 0.3 is 0 Å². The predicted molar refractivity (Wildman–Crippen MR) is 118 cm³/mol. The van der Waals surface area contributed by atoms with Crippen molar-refractivity contribution in [2.75, 3.05) is 13.1 Å². The summed E-state index contributed by atoms with van der Waals surface area (Å²) >= 11 is 0. The van der Waals surface area contributed by atoms with E-state index in [2.05, 4.69) is 41.4 Å². The van der Waals surface area contributed by atoms with Gasteiger partial charge in [0, 0.05) is 31.6 Å². The number of carbonyl (C=O) groups is 1. The van der Waals surface area contributed by atoms with Crippen molar-refractivity contribution in [3.63, 3.8) is 0 Å². The van der Waals surface area contributed by atoms with Crippen molar-refractivity contribution in [3.8, 4) is 0 Å². The molecule has 2 N–H and O–H groups in total. The van der Waals surface area contributed by atoms with Gasteiger partial charge in [0.05, 0.1) is 0 Å². The van der Waals surface area contributed by atoms with Gasteiger partial charge in [-0.25, -0.2) is 0 Å². The molecule has 2 aromatic carbocycles. The van der Waals surface area contributed by atoms with Crippen molar-refractivity contribution < 1.29 is 9.90 Å². The van der Waals surface area contributed by atoms with Crippen molar-refractivity contribution in [2.24, 2.45) is 17.8 Å². The Morgan fingerprint density at radius 1 is 1.07 bits per heavy atom. The summed E-state index contributed by atoms with van der Waals surface area (Å²) in [7, 11) is 0. The molecule has 2 aliphatic carbocycles. The number of likely N-dealkylation sites (tertiary alicyclic amines) is 1. The van der Waals surface area contributed by atoms with Crippen LogP contribution in [0, 0.1) is 24.7 Å². The van der Waals surface area contributed by atoms with E-state index in [1.807, 2.05) is 30.3 Å². The van der Waals surface area contributed by atoms with E-state index in [1.54, 1.807) is 0 Å². The maximum absolute atomic E-state index is 13.4. The first-order chi connectivity index (χ1) is 14.6. The number of piperidine rings is 1. The lowest BCUT2D eigenvalue weighted by atomic mass is 9.79. The van der Waals surface area contributed by atoms with Crippen molar-refractivity contribution in [1.82, 2.24) is 10.2 Å². The highest BCUT2D eigenvalue weighted by Gasteiger charge is 2.58. The number of rotatable bonds is 6. The molecule has 4 heteroatoms. The monoisotopic (exact) mass is 404 g/mol. The number of amides is 1. The van der Waals surface area contributed by atoms with E-state index >= 15 is 0 Å². The minimum Gasteiger partial charge on any atom is -0.375 e. The highest BCUT2D eigenvalue weighted by Crippen LogP contribution is 2.47. The average Bonchev–Trinajstić information content (AvgIpc) is 3.17. The number of nitrogens with zero attached hydrogens (tertiary/aromatic N) is 1. The highest BCUT2D eigenvalue weighted by atomic mass is 16.3. The van der Waals surface area contributed by atoms with Gasteiger partial charge in [0.25, 0.3) is 5.91 Å². The minimum atomic E-state index is -1.41. The summed E-state index contributed by atoms with van der Waals surface area (Å²) in [5.74, 6) is 0.853. The fourth-order valence-corrected chi connectivity index (χ4v) is 5.88. The number of fused-ring (bicyclic) bond motifs is 1. The third-order valence-corrected chi connectivity index (χ3v) is 7.56. The van der Waals surface area contributed by atoms with Crippen LogP contribution in [0.3, 0.4) is 0 Å². The molecule has 30 heavy (non-hydrogen) atoms. The lowest BCUT2D eigenvalue weighted by Gasteiger charge is -2.33. The molecule has 2 saturated carbocycles. The maximum Gasteiger partial charge on any atom is 0.257 e. The molecule has 1 saturated heterocycles. The fourth-order valence-electron chi connectivity index (χ4n) is 5.88. The largest absolute Gasteiger partial charge is 0.375 e. The molecule has 1 heterocycles. The highest BCUT2D eigenvalue weighted by molar-refractivity contribution is 5.87. The minimum absolute atomic E-state index is 0.0105. The van der Waals surface area contributed by atoms with E-state index in [0.29, 0.717) is 11.8 Å². The van der Waals surface area contributed by atoms with Crippen LogP contribution >= 0.6 is 0 Å². The van der Waals surface area contributed by atoms with Crippen LogP contribution in [0.1, 0.15) is 42.4 Å². The van der Waals surface area contributed by atoms with Crippen LogP contribution in [0.2, 0.25) is 0 Å². The zero-order valence-electron chi connectivity index (χ0n) is 17.8. The number of nitrogens with one attached hydrogen (secondary N) is 1. The lowest BCUT2D eigenvalue weighted by molar-refractivity contribution is -0.147. The molecule has 1 amide bonds. The first-order valence-electron chi connectivity index (χ1n) is 11.4. The summed E-state index contributed by atoms with van der Waals surface area (Å²) in [4.78, 5) is 15.9. The van der Waals surface area contributed by atoms with Gasteiger partial charge in [-0.1, -0.05) is 73.0 Å². The Balaban J connectivity index is 1.23. The van der Waals surface area contributed by atoms with Crippen LogP contribution < -0.4 is 5.32 Å². The molecule has 3 fully saturated rings. The van der Waals surface area contributed by atoms with E-state index < -0.39 is 5.60 Å². The molecule has 0 radical (unpaired) electrons. The van der Waals surface area contributed by atoms with Gasteiger partial charge in [-0.2, -0.15) is 0 Å². The SMILES string of the molecule is Cc1cccc(CN2CC3[C@H](C2)[C@H]3NC(=O)C(O)(c2ccccc2)C2CCCC2)c1. The Bertz CT molecular complexity index is 896. The molecule has 4 nitrogen and oxygen atoms in total. The number of benzene rings is 2. The van der Waals surface area contributed by atoms with Gasteiger partial charge in [-0.15, -0.1) is 0 Å². The number of hydrogen-bond acceptors (Lipinski definition) is 3. The summed E-state index contributed by atoms with van der Waals surface area (Å²) in [6.45, 7) is 5.16. The Labute approximate surface area is 179 Å². The second-order valence-electron chi connectivity index (χ2n) is 9.62. The van der Waals surface area contributed by atoms with Gasteiger partial charge in [-0.3, -0.25) is 9.69 Å². The number of aryl methyl sites for hydroxylation is 1. The standard InChI is InChI=1S/C26H32N2O2/c1-18-8-7-9-19(14-18)15-28-16-22-23(17-28)24(22)27-25(29)26(30,21-12-5-6-13-21)20-10-3-2-4-11-20/h2-4,7-11,14,21-24,30H,5-6,12-13,15-17H2,1H3,(H,27,29)/t22-,23?,24+,26?/m0/s1. The maximum atomic E-state index is 13.4. The summed E-state index contributed by atoms with van der Waals surface area (Å²) < 4.78 is 0. The van der Waals surface area contributed by atoms with Gasteiger partial charge in [0.2, 0.25) is 0 Å². The molecular formula is C26H32N2O2. The summed E-state index contributed by atoms with van der Waals surface area (Å²) in [5.41, 5.74) is 1.99. The first-order valence-corrected chi connectivity index (χ1v) is 11.4. The normalized spacial score (nSPS) is 28.1. The molecule has 0 bridgehead atoms.